The highest BCUT2D eigenvalue weighted by Crippen LogP contribution is 2.48. The van der Waals surface area contributed by atoms with Crippen LogP contribution in [0.4, 0.5) is 5.82 Å². The zero-order valence-corrected chi connectivity index (χ0v) is 22.3. The van der Waals surface area contributed by atoms with Gasteiger partial charge in [-0.05, 0) is 74.1 Å². The number of H-pyrrole nitrogens is 1. The van der Waals surface area contributed by atoms with Crippen LogP contribution >= 0.6 is 0 Å². The van der Waals surface area contributed by atoms with Crippen molar-refractivity contribution in [2.45, 2.75) is 32.6 Å². The second-order valence-electron chi connectivity index (χ2n) is 11.4. The van der Waals surface area contributed by atoms with E-state index in [0.29, 0.717) is 19.0 Å². The Morgan fingerprint density at radius 1 is 0.946 bits per heavy atom. The largest absolute Gasteiger partial charge is 0.355 e. The first-order valence-electron chi connectivity index (χ1n) is 13.0. The molecule has 3 aromatic heterocycles. The molecule has 4 aromatic rings. The van der Waals surface area contributed by atoms with Crippen molar-refractivity contribution >= 4 is 26.7 Å². The lowest BCUT2D eigenvalue weighted by molar-refractivity contribution is 0.0395. The Hall–Kier alpha value is -3.23. The highest BCUT2D eigenvalue weighted by molar-refractivity contribution is 7.88. The Morgan fingerprint density at radius 3 is 2.27 bits per heavy atom. The van der Waals surface area contributed by atoms with Gasteiger partial charge in [-0.25, -0.2) is 17.7 Å². The van der Waals surface area contributed by atoms with Crippen LogP contribution in [0.2, 0.25) is 0 Å². The van der Waals surface area contributed by atoms with Gasteiger partial charge < -0.3 is 9.88 Å². The summed E-state index contributed by atoms with van der Waals surface area (Å²) in [6, 6.07) is 15.3. The van der Waals surface area contributed by atoms with Crippen molar-refractivity contribution < 1.29 is 9.84 Å². The summed E-state index contributed by atoms with van der Waals surface area (Å²) in [4.78, 5) is 15.3. The first-order chi connectivity index (χ1) is 17.7. The summed E-state index contributed by atoms with van der Waals surface area (Å²) >= 11 is 0. The normalized spacial score (nSPS) is 19.3. The van der Waals surface area contributed by atoms with Crippen LogP contribution in [-0.2, 0) is 10.0 Å². The van der Waals surface area contributed by atoms with Gasteiger partial charge in [0.1, 0.15) is 5.82 Å². The molecule has 7 rings (SSSR count). The van der Waals surface area contributed by atoms with E-state index >= 15 is 0 Å². The molecule has 0 radical (unpaired) electrons. The predicted octanol–water partition coefficient (Wildman–Crippen LogP) is 5.11. The van der Waals surface area contributed by atoms with Crippen LogP contribution < -0.4 is 4.90 Å². The van der Waals surface area contributed by atoms with Crippen molar-refractivity contribution in [2.75, 3.05) is 37.3 Å². The van der Waals surface area contributed by atoms with Crippen molar-refractivity contribution in [3.05, 3.63) is 65.6 Å². The Kier molecular flexibility index (Phi) is 4.89. The van der Waals surface area contributed by atoms with Gasteiger partial charge in [-0.2, -0.15) is 0 Å². The first kappa shape index (κ1) is 22.9. The number of aromatic nitrogens is 3. The summed E-state index contributed by atoms with van der Waals surface area (Å²) in [7, 11) is -3.08. The average molecular weight is 516 g/mol. The topological polar surface area (TPSA) is 82.2 Å². The maximum atomic E-state index is 11.7. The van der Waals surface area contributed by atoms with Crippen molar-refractivity contribution in [1.29, 1.82) is 0 Å². The van der Waals surface area contributed by atoms with E-state index in [1.165, 1.54) is 41.3 Å². The third-order valence-corrected chi connectivity index (χ3v) is 9.34. The number of aromatic amines is 1. The van der Waals surface area contributed by atoms with Gasteiger partial charge in [0.2, 0.25) is 10.0 Å². The lowest BCUT2D eigenvalue weighted by atomic mass is 9.74. The van der Waals surface area contributed by atoms with Crippen LogP contribution in [0, 0.1) is 19.3 Å². The fraction of sp³-hybridized carbons (Fsp3) is 0.379. The van der Waals surface area contributed by atoms with E-state index in [1.807, 2.05) is 6.20 Å². The third-order valence-electron chi connectivity index (χ3n) is 8.14. The summed E-state index contributed by atoms with van der Waals surface area (Å²) < 4.78 is 25.0. The summed E-state index contributed by atoms with van der Waals surface area (Å²) in [5.41, 5.74) is 9.47. The highest BCUT2D eigenvalue weighted by Gasteiger charge is 2.54. The zero-order chi connectivity index (χ0) is 25.5. The monoisotopic (exact) mass is 515 g/mol. The van der Waals surface area contributed by atoms with E-state index in [9.17, 15) is 8.42 Å². The van der Waals surface area contributed by atoms with Crippen LogP contribution in [0.1, 0.15) is 37.1 Å². The predicted molar refractivity (Wildman–Crippen MR) is 149 cm³/mol. The minimum Gasteiger partial charge on any atom is -0.355 e. The second kappa shape index (κ2) is 7.88. The summed E-state index contributed by atoms with van der Waals surface area (Å²) in [6.45, 7) is 7.09. The number of pyridine rings is 2. The number of nitrogens with one attached hydrogen (secondary N) is 1. The molecule has 1 saturated carbocycles. The van der Waals surface area contributed by atoms with E-state index in [4.69, 9.17) is 4.98 Å². The lowest BCUT2D eigenvalue weighted by Gasteiger charge is -2.59. The molecule has 1 aliphatic carbocycles. The van der Waals surface area contributed by atoms with Crippen LogP contribution in [0.15, 0.2) is 48.7 Å². The Bertz CT molecular complexity index is 1630. The van der Waals surface area contributed by atoms with Gasteiger partial charge in [0.25, 0.3) is 0 Å². The second-order valence-corrected chi connectivity index (χ2v) is 13.4. The number of fused-ring (bicyclic) bond motifs is 1. The SMILES string of the molecule is Cc1cc(-c2[nH]c3cc(-c4ccc(N5CC6(C5)CN(S(C)(=O)=O)C6)nc4)ccc3c2C2CC2)cc(C)n1.[HH]. The Balaban J connectivity index is 0.00000264. The number of rotatable bonds is 5. The smallest absolute Gasteiger partial charge is 0.211 e. The number of benzene rings is 1. The molecule has 0 unspecified atom stereocenters. The van der Waals surface area contributed by atoms with Gasteiger partial charge in [0.15, 0.2) is 0 Å². The number of sulfonamides is 1. The first-order valence-corrected chi connectivity index (χ1v) is 14.8. The van der Waals surface area contributed by atoms with Gasteiger partial charge in [-0.1, -0.05) is 12.1 Å². The maximum Gasteiger partial charge on any atom is 0.211 e. The van der Waals surface area contributed by atoms with Crippen molar-refractivity contribution in [3.63, 3.8) is 0 Å². The van der Waals surface area contributed by atoms with E-state index in [0.717, 1.165) is 46.9 Å². The minimum absolute atomic E-state index is 0. The quantitative estimate of drug-likeness (QED) is 0.399. The molecule has 8 heteroatoms. The molecule has 0 amide bonds. The van der Waals surface area contributed by atoms with Crippen molar-refractivity contribution in [1.82, 2.24) is 19.3 Å². The maximum absolute atomic E-state index is 11.7. The molecule has 1 spiro atoms. The molecule has 3 aliphatic rings. The summed E-state index contributed by atoms with van der Waals surface area (Å²) in [5, 5.41) is 1.31. The van der Waals surface area contributed by atoms with Crippen molar-refractivity contribution in [3.8, 4) is 22.4 Å². The Labute approximate surface area is 219 Å². The van der Waals surface area contributed by atoms with Crippen LogP contribution in [-0.4, -0.2) is 60.1 Å². The molecule has 5 heterocycles. The van der Waals surface area contributed by atoms with Gasteiger partial charge in [-0.15, -0.1) is 0 Å². The lowest BCUT2D eigenvalue weighted by Crippen LogP contribution is -2.73. The Morgan fingerprint density at radius 2 is 1.65 bits per heavy atom. The van der Waals surface area contributed by atoms with Gasteiger partial charge >= 0.3 is 0 Å². The highest BCUT2D eigenvalue weighted by atomic mass is 32.2. The molecule has 1 aromatic carbocycles. The van der Waals surface area contributed by atoms with E-state index in [1.54, 1.807) is 4.31 Å². The fourth-order valence-electron chi connectivity index (χ4n) is 6.21. The number of nitrogens with zero attached hydrogens (tertiary/aromatic N) is 4. The molecule has 2 saturated heterocycles. The van der Waals surface area contributed by atoms with Gasteiger partial charge in [0.05, 0.1) is 11.9 Å². The molecule has 7 nitrogen and oxygen atoms in total. The molecule has 1 N–H and O–H groups in total. The van der Waals surface area contributed by atoms with Crippen LogP contribution in [0.25, 0.3) is 33.3 Å². The molecule has 0 bridgehead atoms. The van der Waals surface area contributed by atoms with Gasteiger partial charge in [-0.3, -0.25) is 4.98 Å². The molecular formula is C29H33N5O2S. The van der Waals surface area contributed by atoms with E-state index in [-0.39, 0.29) is 6.84 Å². The van der Waals surface area contributed by atoms with Crippen LogP contribution in [0.3, 0.4) is 0 Å². The summed E-state index contributed by atoms with van der Waals surface area (Å²) in [6.07, 6.45) is 5.74. The van der Waals surface area contributed by atoms with Gasteiger partial charge in [0, 0.05) is 72.6 Å². The number of hydrogen-bond donors (Lipinski definition) is 1. The number of anilines is 1. The molecule has 3 fully saturated rings. The van der Waals surface area contributed by atoms with Crippen molar-refractivity contribution in [2.24, 2.45) is 5.41 Å². The molecule has 2 aliphatic heterocycles. The standard InChI is InChI=1S/C29H31N5O2S.H2/c1-18-10-23(11-19(2)31-18)28-27(20-4-5-20)24-8-6-21(12-25(24)32-28)22-7-9-26(30-13-22)33-14-29(15-33)16-34(17-29)37(3,35)36;/h6-13,20,32H,4-5,14-17H2,1-3H3;1H. The van der Waals surface area contributed by atoms with Crippen LogP contribution in [0.5, 0.6) is 0 Å². The van der Waals surface area contributed by atoms with E-state index in [2.05, 4.69) is 71.2 Å². The minimum atomic E-state index is -3.08. The third kappa shape index (κ3) is 3.94. The molecule has 192 valence electrons. The molecule has 37 heavy (non-hydrogen) atoms. The molecule has 0 atom stereocenters. The number of hydrogen-bond acceptors (Lipinski definition) is 5. The summed E-state index contributed by atoms with van der Waals surface area (Å²) in [5.74, 6) is 1.58. The zero-order valence-electron chi connectivity index (χ0n) is 21.5. The molecular weight excluding hydrogens is 482 g/mol. The average Bonchev–Trinajstić information content (AvgIpc) is 3.55. The fourth-order valence-corrected chi connectivity index (χ4v) is 7.22. The number of aryl methyl sites for hydroxylation is 2. The van der Waals surface area contributed by atoms with E-state index < -0.39 is 10.0 Å².